The van der Waals surface area contributed by atoms with Crippen molar-refractivity contribution in [1.29, 1.82) is 0 Å². The zero-order valence-electron chi connectivity index (χ0n) is 14.1. The van der Waals surface area contributed by atoms with E-state index in [-0.39, 0.29) is 12.5 Å². The highest BCUT2D eigenvalue weighted by atomic mass is 16.5. The Labute approximate surface area is 137 Å². The standard InChI is InChI=1S/C18H25NO4/c1-4-5-18(6-7-18)11-19-17(22)14-8-12(2)16(13(3)9-14)23-10-15(20)21/h8-9H,4-7,10-11H2,1-3H3,(H,19,22)(H,20,21). The molecule has 2 N–H and O–H groups in total. The number of hydrogen-bond donors (Lipinski definition) is 2. The van der Waals surface area contributed by atoms with Gasteiger partial charge in [0.2, 0.25) is 0 Å². The molecule has 0 aromatic heterocycles. The Hall–Kier alpha value is -2.04. The first-order valence-corrected chi connectivity index (χ1v) is 8.11. The fourth-order valence-electron chi connectivity index (χ4n) is 3.04. The zero-order chi connectivity index (χ0) is 17.0. The lowest BCUT2D eigenvalue weighted by molar-refractivity contribution is -0.139. The summed E-state index contributed by atoms with van der Waals surface area (Å²) in [6.07, 6.45) is 4.69. The summed E-state index contributed by atoms with van der Waals surface area (Å²) in [5.74, 6) is -0.562. The van der Waals surface area contributed by atoms with E-state index in [9.17, 15) is 9.59 Å². The summed E-state index contributed by atoms with van der Waals surface area (Å²) in [5, 5.41) is 11.7. The van der Waals surface area contributed by atoms with Gasteiger partial charge < -0.3 is 15.2 Å². The predicted molar refractivity (Wildman–Crippen MR) is 88.0 cm³/mol. The van der Waals surface area contributed by atoms with E-state index in [1.807, 2.05) is 13.8 Å². The van der Waals surface area contributed by atoms with Crippen LogP contribution in [-0.4, -0.2) is 30.1 Å². The Kier molecular flexibility index (Phi) is 5.29. The molecular formula is C18H25NO4. The lowest BCUT2D eigenvalue weighted by atomic mass is 10.0. The topological polar surface area (TPSA) is 75.6 Å². The summed E-state index contributed by atoms with van der Waals surface area (Å²) >= 11 is 0. The van der Waals surface area contributed by atoms with Crippen molar-refractivity contribution in [1.82, 2.24) is 5.32 Å². The van der Waals surface area contributed by atoms with Crippen LogP contribution >= 0.6 is 0 Å². The molecule has 23 heavy (non-hydrogen) atoms. The van der Waals surface area contributed by atoms with Gasteiger partial charge in [-0.3, -0.25) is 4.79 Å². The third-order valence-electron chi connectivity index (χ3n) is 4.42. The van der Waals surface area contributed by atoms with E-state index in [1.165, 1.54) is 12.8 Å². The Morgan fingerprint density at radius 2 is 1.87 bits per heavy atom. The average molecular weight is 319 g/mol. The van der Waals surface area contributed by atoms with Crippen LogP contribution in [0.1, 0.15) is 54.1 Å². The monoisotopic (exact) mass is 319 g/mol. The van der Waals surface area contributed by atoms with Gasteiger partial charge in [-0.15, -0.1) is 0 Å². The number of rotatable bonds is 8. The summed E-state index contributed by atoms with van der Waals surface area (Å²) in [5.41, 5.74) is 2.45. The van der Waals surface area contributed by atoms with Crippen LogP contribution in [0.4, 0.5) is 0 Å². The van der Waals surface area contributed by atoms with Gasteiger partial charge in [-0.2, -0.15) is 0 Å². The normalized spacial score (nSPS) is 15.1. The van der Waals surface area contributed by atoms with Crippen LogP contribution in [0.15, 0.2) is 12.1 Å². The molecule has 0 spiro atoms. The molecule has 1 aliphatic carbocycles. The van der Waals surface area contributed by atoms with Gasteiger partial charge in [0.05, 0.1) is 0 Å². The fraction of sp³-hybridized carbons (Fsp3) is 0.556. The second kappa shape index (κ2) is 7.02. The molecule has 5 heteroatoms. The predicted octanol–water partition coefficient (Wildman–Crippen LogP) is 3.08. The third-order valence-corrected chi connectivity index (χ3v) is 4.42. The first-order valence-electron chi connectivity index (χ1n) is 8.11. The zero-order valence-corrected chi connectivity index (χ0v) is 14.1. The minimum atomic E-state index is -1.02. The molecule has 1 aromatic carbocycles. The quantitative estimate of drug-likeness (QED) is 0.772. The van der Waals surface area contributed by atoms with Crippen LogP contribution in [-0.2, 0) is 4.79 Å². The van der Waals surface area contributed by atoms with E-state index in [2.05, 4.69) is 12.2 Å². The molecule has 0 heterocycles. The van der Waals surface area contributed by atoms with Crippen molar-refractivity contribution in [2.75, 3.05) is 13.2 Å². The number of ether oxygens (including phenoxy) is 1. The van der Waals surface area contributed by atoms with Gasteiger partial charge in [-0.25, -0.2) is 4.79 Å². The number of carboxylic acids is 1. The summed E-state index contributed by atoms with van der Waals surface area (Å²) in [6, 6.07) is 3.50. The molecule has 5 nitrogen and oxygen atoms in total. The van der Waals surface area contributed by atoms with E-state index in [0.29, 0.717) is 16.7 Å². The van der Waals surface area contributed by atoms with Crippen LogP contribution in [0.5, 0.6) is 5.75 Å². The van der Waals surface area contributed by atoms with Gasteiger partial charge in [0.1, 0.15) is 5.75 Å². The molecular weight excluding hydrogens is 294 g/mol. The first kappa shape index (κ1) is 17.3. The van der Waals surface area contributed by atoms with E-state index in [1.54, 1.807) is 12.1 Å². The molecule has 2 rings (SSSR count). The van der Waals surface area contributed by atoms with Gasteiger partial charge in [-0.1, -0.05) is 13.3 Å². The minimum Gasteiger partial charge on any atom is -0.481 e. The fourth-order valence-corrected chi connectivity index (χ4v) is 3.04. The molecule has 1 aliphatic rings. The number of benzene rings is 1. The van der Waals surface area contributed by atoms with Crippen molar-refractivity contribution in [2.24, 2.45) is 5.41 Å². The summed E-state index contributed by atoms with van der Waals surface area (Å²) in [4.78, 5) is 23.0. The van der Waals surface area contributed by atoms with Crippen molar-refractivity contribution in [2.45, 2.75) is 46.5 Å². The Morgan fingerprint density at radius 3 is 2.35 bits per heavy atom. The molecule has 0 radical (unpaired) electrons. The van der Waals surface area contributed by atoms with Crippen molar-refractivity contribution in [3.05, 3.63) is 28.8 Å². The molecule has 0 atom stereocenters. The maximum Gasteiger partial charge on any atom is 0.341 e. The van der Waals surface area contributed by atoms with Crippen LogP contribution < -0.4 is 10.1 Å². The number of aryl methyl sites for hydroxylation is 2. The average Bonchev–Trinajstić information content (AvgIpc) is 3.24. The SMILES string of the molecule is CCCC1(CNC(=O)c2cc(C)c(OCC(=O)O)c(C)c2)CC1. The second-order valence-corrected chi connectivity index (χ2v) is 6.55. The second-order valence-electron chi connectivity index (χ2n) is 6.55. The number of carbonyl (C=O) groups excluding carboxylic acids is 1. The Morgan fingerprint density at radius 1 is 1.26 bits per heavy atom. The number of amides is 1. The van der Waals surface area contributed by atoms with Crippen molar-refractivity contribution in [3.8, 4) is 5.75 Å². The summed E-state index contributed by atoms with van der Waals surface area (Å²) in [6.45, 7) is 6.16. The lowest BCUT2D eigenvalue weighted by Gasteiger charge is -2.16. The van der Waals surface area contributed by atoms with E-state index < -0.39 is 5.97 Å². The molecule has 0 unspecified atom stereocenters. The third kappa shape index (κ3) is 4.47. The lowest BCUT2D eigenvalue weighted by Crippen LogP contribution is -2.30. The van der Waals surface area contributed by atoms with Gasteiger partial charge in [0, 0.05) is 12.1 Å². The largest absolute Gasteiger partial charge is 0.481 e. The molecule has 1 amide bonds. The summed E-state index contributed by atoms with van der Waals surface area (Å²) in [7, 11) is 0. The van der Waals surface area contributed by atoms with E-state index in [4.69, 9.17) is 9.84 Å². The smallest absolute Gasteiger partial charge is 0.341 e. The highest BCUT2D eigenvalue weighted by Gasteiger charge is 2.41. The van der Waals surface area contributed by atoms with E-state index in [0.717, 1.165) is 30.5 Å². The maximum atomic E-state index is 12.4. The number of hydrogen-bond acceptors (Lipinski definition) is 3. The van der Waals surface area contributed by atoms with Gasteiger partial charge in [0.15, 0.2) is 6.61 Å². The molecule has 1 saturated carbocycles. The van der Waals surface area contributed by atoms with Crippen molar-refractivity contribution in [3.63, 3.8) is 0 Å². The van der Waals surface area contributed by atoms with Crippen molar-refractivity contribution < 1.29 is 19.4 Å². The number of nitrogens with one attached hydrogen (secondary N) is 1. The first-order chi connectivity index (χ1) is 10.9. The molecule has 0 bridgehead atoms. The highest BCUT2D eigenvalue weighted by Crippen LogP contribution is 2.48. The molecule has 0 aliphatic heterocycles. The Balaban J connectivity index is 2.02. The van der Waals surface area contributed by atoms with E-state index >= 15 is 0 Å². The van der Waals surface area contributed by atoms with Gasteiger partial charge >= 0.3 is 5.97 Å². The Bertz CT molecular complexity index is 582. The van der Waals surface area contributed by atoms with Crippen LogP contribution in [0.2, 0.25) is 0 Å². The minimum absolute atomic E-state index is 0.0802. The molecule has 1 fully saturated rings. The van der Waals surface area contributed by atoms with Crippen LogP contribution in [0.25, 0.3) is 0 Å². The summed E-state index contributed by atoms with van der Waals surface area (Å²) < 4.78 is 5.29. The van der Waals surface area contributed by atoms with Gasteiger partial charge in [0.25, 0.3) is 5.91 Å². The number of aliphatic carboxylic acids is 1. The van der Waals surface area contributed by atoms with Crippen LogP contribution in [0.3, 0.4) is 0 Å². The number of carboxylic acid groups (broad SMARTS) is 1. The van der Waals surface area contributed by atoms with Crippen LogP contribution in [0, 0.1) is 19.3 Å². The molecule has 1 aromatic rings. The molecule has 0 saturated heterocycles. The van der Waals surface area contributed by atoms with Gasteiger partial charge in [-0.05, 0) is 61.8 Å². The highest BCUT2D eigenvalue weighted by molar-refractivity contribution is 5.95. The number of carbonyl (C=O) groups is 2. The molecule has 126 valence electrons. The van der Waals surface area contributed by atoms with Crippen molar-refractivity contribution >= 4 is 11.9 Å². The maximum absolute atomic E-state index is 12.4.